The van der Waals surface area contributed by atoms with Crippen molar-refractivity contribution in [3.05, 3.63) is 0 Å². The second kappa shape index (κ2) is 9.17. The third kappa shape index (κ3) is 149. The summed E-state index contributed by atoms with van der Waals surface area (Å²) >= 11 is 0. The van der Waals surface area contributed by atoms with E-state index >= 15 is 0 Å². The normalized spacial score (nSPS) is 4.17. The van der Waals surface area contributed by atoms with Crippen LogP contribution < -0.4 is 17.5 Å². The first-order valence-corrected chi connectivity index (χ1v) is 0.908. The maximum Gasteiger partial charge on any atom is 2.00 e. The monoisotopic (exact) mass is 184 g/mol. The standard InChI is InChI=1S/C2H4O2.ClH.Zr/c1-2(3)4;;/h1H3,(H,3,4);1H;/q;;+2/p-2. The molecule has 0 aromatic rings. The number of carbonyl (C=O) groups is 1. The van der Waals surface area contributed by atoms with Crippen LogP contribution in [0.2, 0.25) is 0 Å². The molecule has 0 radical (unpaired) electrons. The van der Waals surface area contributed by atoms with Crippen molar-refractivity contribution in [2.24, 2.45) is 0 Å². The van der Waals surface area contributed by atoms with Gasteiger partial charge in [0.25, 0.3) is 0 Å². The maximum atomic E-state index is 8.89. The Labute approximate surface area is 61.5 Å². The molecule has 34 valence electrons. The number of hydrogen-bond acceptors (Lipinski definition) is 2. The Morgan fingerprint density at radius 2 is 1.67 bits per heavy atom. The van der Waals surface area contributed by atoms with E-state index < -0.39 is 5.97 Å². The minimum atomic E-state index is -1.08. The molecule has 0 fully saturated rings. The van der Waals surface area contributed by atoms with Gasteiger partial charge in [-0.3, -0.25) is 0 Å². The average molecular weight is 186 g/mol. The maximum absolute atomic E-state index is 8.89. The summed E-state index contributed by atoms with van der Waals surface area (Å²) in [5.41, 5.74) is 0. The number of halogens is 1. The molecule has 0 bridgehead atoms. The van der Waals surface area contributed by atoms with Crippen LogP contribution in [0.4, 0.5) is 0 Å². The molecule has 6 heavy (non-hydrogen) atoms. The van der Waals surface area contributed by atoms with Crippen LogP contribution in [0.5, 0.6) is 0 Å². The number of carboxylic acid groups (broad SMARTS) is 1. The van der Waals surface area contributed by atoms with Gasteiger partial charge < -0.3 is 22.3 Å². The van der Waals surface area contributed by atoms with Crippen molar-refractivity contribution in [3.8, 4) is 0 Å². The first-order valence-electron chi connectivity index (χ1n) is 0.908. The van der Waals surface area contributed by atoms with E-state index in [4.69, 9.17) is 9.90 Å². The third-order valence-corrected chi connectivity index (χ3v) is 0. The van der Waals surface area contributed by atoms with Crippen molar-refractivity contribution in [2.75, 3.05) is 0 Å². The Morgan fingerprint density at radius 1 is 1.67 bits per heavy atom. The Hall–Kier alpha value is 0.643. The van der Waals surface area contributed by atoms with Crippen LogP contribution in [0, 0.1) is 0 Å². The fourth-order valence-electron chi connectivity index (χ4n) is 0. The fraction of sp³-hybridized carbons (Fsp3) is 0.500. The number of carboxylic acids is 1. The zero-order valence-electron chi connectivity index (χ0n) is 3.19. The molecule has 0 spiro atoms. The molecule has 0 saturated carbocycles. The molecule has 0 aromatic carbocycles. The topological polar surface area (TPSA) is 40.1 Å². The SMILES string of the molecule is CC(=O)[O-].[Cl-].[Zr+2]. The van der Waals surface area contributed by atoms with Gasteiger partial charge in [-0.05, 0) is 6.92 Å². The van der Waals surface area contributed by atoms with Gasteiger partial charge in [0.1, 0.15) is 0 Å². The van der Waals surface area contributed by atoms with E-state index in [1.807, 2.05) is 0 Å². The van der Waals surface area contributed by atoms with Crippen LogP contribution in [0.25, 0.3) is 0 Å². The fourth-order valence-corrected chi connectivity index (χ4v) is 0. The first kappa shape index (κ1) is 15.9. The van der Waals surface area contributed by atoms with E-state index in [2.05, 4.69) is 0 Å². The minimum absolute atomic E-state index is 0. The van der Waals surface area contributed by atoms with Crippen molar-refractivity contribution in [3.63, 3.8) is 0 Å². The molecule has 0 aromatic heterocycles. The first-order chi connectivity index (χ1) is 1.73. The third-order valence-electron chi connectivity index (χ3n) is 0. The summed E-state index contributed by atoms with van der Waals surface area (Å²) < 4.78 is 0. The Kier molecular flexibility index (Phi) is 24.4. The van der Waals surface area contributed by atoms with Crippen molar-refractivity contribution < 1.29 is 48.5 Å². The van der Waals surface area contributed by atoms with Crippen LogP contribution in [0.1, 0.15) is 6.92 Å². The van der Waals surface area contributed by atoms with Crippen molar-refractivity contribution >= 4 is 5.97 Å². The summed E-state index contributed by atoms with van der Waals surface area (Å²) in [6, 6.07) is 0. The molecule has 0 amide bonds. The molecule has 0 aliphatic carbocycles. The zero-order valence-corrected chi connectivity index (χ0v) is 6.41. The average Bonchev–Trinajstić information content (AvgIpc) is 0.811. The van der Waals surface area contributed by atoms with Gasteiger partial charge in [-0.25, -0.2) is 0 Å². The van der Waals surface area contributed by atoms with Gasteiger partial charge in [0.15, 0.2) is 0 Å². The van der Waals surface area contributed by atoms with E-state index in [-0.39, 0.29) is 38.6 Å². The summed E-state index contributed by atoms with van der Waals surface area (Å²) in [5.74, 6) is -1.08. The molecule has 0 aliphatic rings. The number of rotatable bonds is 0. The molecule has 0 heterocycles. The number of hydrogen-bond donors (Lipinski definition) is 0. The smallest absolute Gasteiger partial charge is 1.00 e. The molecule has 0 saturated heterocycles. The minimum Gasteiger partial charge on any atom is -1.00 e. The largest absolute Gasteiger partial charge is 2.00 e. The molecular formula is C2H3ClO2Zr. The summed E-state index contributed by atoms with van der Waals surface area (Å²) in [5, 5.41) is 8.89. The van der Waals surface area contributed by atoms with Crippen LogP contribution >= 0.6 is 0 Å². The second-order valence-electron chi connectivity index (χ2n) is 0.492. The van der Waals surface area contributed by atoms with Crippen LogP contribution in [0.15, 0.2) is 0 Å². The van der Waals surface area contributed by atoms with E-state index in [9.17, 15) is 0 Å². The van der Waals surface area contributed by atoms with E-state index in [0.29, 0.717) is 0 Å². The Balaban J connectivity index is -0.0000000450. The van der Waals surface area contributed by atoms with Gasteiger partial charge in [0.05, 0.1) is 0 Å². The van der Waals surface area contributed by atoms with Crippen molar-refractivity contribution in [2.45, 2.75) is 6.92 Å². The molecule has 0 unspecified atom stereocenters. The number of carbonyl (C=O) groups excluding carboxylic acids is 1. The predicted octanol–water partition coefficient (Wildman–Crippen LogP) is -4.24. The van der Waals surface area contributed by atoms with E-state index in [1.54, 1.807) is 0 Å². The molecule has 0 aliphatic heterocycles. The molecule has 0 atom stereocenters. The molecule has 0 N–H and O–H groups in total. The van der Waals surface area contributed by atoms with Crippen LogP contribution in [0.3, 0.4) is 0 Å². The van der Waals surface area contributed by atoms with Crippen LogP contribution in [-0.2, 0) is 31.0 Å². The summed E-state index contributed by atoms with van der Waals surface area (Å²) in [7, 11) is 0. The van der Waals surface area contributed by atoms with Crippen LogP contribution in [-0.4, -0.2) is 5.97 Å². The van der Waals surface area contributed by atoms with Gasteiger partial charge in [-0.15, -0.1) is 0 Å². The van der Waals surface area contributed by atoms with Gasteiger partial charge in [-0.2, -0.15) is 0 Å². The van der Waals surface area contributed by atoms with Crippen molar-refractivity contribution in [1.82, 2.24) is 0 Å². The Morgan fingerprint density at radius 3 is 1.67 bits per heavy atom. The van der Waals surface area contributed by atoms with Gasteiger partial charge >= 0.3 is 26.2 Å². The molecule has 4 heteroatoms. The number of aliphatic carboxylic acids is 1. The van der Waals surface area contributed by atoms with Gasteiger partial charge in [-0.1, -0.05) is 0 Å². The molecular weight excluding hydrogens is 183 g/mol. The molecule has 2 nitrogen and oxygen atoms in total. The van der Waals surface area contributed by atoms with Crippen molar-refractivity contribution in [1.29, 1.82) is 0 Å². The predicted molar refractivity (Wildman–Crippen MR) is 10.7 cm³/mol. The summed E-state index contributed by atoms with van der Waals surface area (Å²) in [4.78, 5) is 8.89. The van der Waals surface area contributed by atoms with Gasteiger partial charge in [0.2, 0.25) is 0 Å². The summed E-state index contributed by atoms with van der Waals surface area (Å²) in [6.07, 6.45) is 0. The second-order valence-corrected chi connectivity index (χ2v) is 0.492. The zero-order chi connectivity index (χ0) is 3.58. The van der Waals surface area contributed by atoms with Gasteiger partial charge in [0, 0.05) is 5.97 Å². The Bertz CT molecular complexity index is 34.5. The van der Waals surface area contributed by atoms with E-state index in [1.165, 1.54) is 0 Å². The van der Waals surface area contributed by atoms with E-state index in [0.717, 1.165) is 6.92 Å². The molecule has 0 rings (SSSR count). The quantitative estimate of drug-likeness (QED) is 0.384. The summed E-state index contributed by atoms with van der Waals surface area (Å²) in [6.45, 7) is 0.972.